The van der Waals surface area contributed by atoms with Gasteiger partial charge in [0.05, 0.1) is 26.8 Å². The lowest BCUT2D eigenvalue weighted by Gasteiger charge is -2.28. The Morgan fingerprint density at radius 1 is 1.37 bits per heavy atom. The number of ether oxygens (including phenoxy) is 2. The Bertz CT molecular complexity index is 844. The first kappa shape index (κ1) is 19.6. The summed E-state index contributed by atoms with van der Waals surface area (Å²) in [5, 5.41) is 4.73. The lowest BCUT2D eigenvalue weighted by Crippen LogP contribution is -3.13. The van der Waals surface area contributed by atoms with Crippen molar-refractivity contribution >= 4 is 18.2 Å². The van der Waals surface area contributed by atoms with Crippen LogP contribution in [0.5, 0.6) is 5.75 Å². The Kier molecular flexibility index (Phi) is 6.28. The number of carbonyl (C=O) groups is 1. The molecule has 3 rings (SSSR count). The minimum Gasteiger partial charge on any atom is -0.497 e. The zero-order valence-corrected chi connectivity index (χ0v) is 16.9. The molecule has 1 fully saturated rings. The van der Waals surface area contributed by atoms with Gasteiger partial charge in [-0.2, -0.15) is 4.68 Å². The van der Waals surface area contributed by atoms with E-state index >= 15 is 0 Å². The summed E-state index contributed by atoms with van der Waals surface area (Å²) in [6, 6.07) is 7.78. The molecule has 2 atom stereocenters. The predicted molar refractivity (Wildman–Crippen MR) is 104 cm³/mol. The number of nitrogens with zero attached hydrogens (tertiary/aromatic N) is 3. The minimum absolute atomic E-state index is 0.0346. The summed E-state index contributed by atoms with van der Waals surface area (Å²) in [4.78, 5) is 13.4. The third-order valence-electron chi connectivity index (χ3n) is 5.00. The van der Waals surface area contributed by atoms with Crippen LogP contribution < -0.4 is 9.64 Å². The number of hydrogen-bond donors (Lipinski definition) is 1. The van der Waals surface area contributed by atoms with Gasteiger partial charge in [-0.05, 0) is 56.2 Å². The molecular weight excluding hydrogens is 364 g/mol. The lowest BCUT2D eigenvalue weighted by atomic mass is 9.99. The quantitative estimate of drug-likeness (QED) is 0.596. The Labute approximate surface area is 164 Å². The first-order chi connectivity index (χ1) is 13.0. The van der Waals surface area contributed by atoms with Gasteiger partial charge < -0.3 is 18.9 Å². The highest BCUT2D eigenvalue weighted by molar-refractivity contribution is 7.71. The van der Waals surface area contributed by atoms with Crippen LogP contribution in [0.3, 0.4) is 0 Å². The van der Waals surface area contributed by atoms with Crippen molar-refractivity contribution in [3.8, 4) is 17.1 Å². The van der Waals surface area contributed by atoms with Crippen LogP contribution in [0.1, 0.15) is 19.8 Å². The molecule has 1 aromatic heterocycles. The van der Waals surface area contributed by atoms with Crippen molar-refractivity contribution in [2.24, 2.45) is 13.0 Å². The van der Waals surface area contributed by atoms with Crippen molar-refractivity contribution in [1.29, 1.82) is 0 Å². The van der Waals surface area contributed by atoms with Crippen molar-refractivity contribution < 1.29 is 19.2 Å². The second-order valence-corrected chi connectivity index (χ2v) is 7.21. The van der Waals surface area contributed by atoms with Crippen molar-refractivity contribution in [1.82, 2.24) is 14.3 Å². The molecule has 2 aromatic rings. The standard InChI is InChI=1S/C19H26N4O3S/c1-4-26-18(24)15-6-5-11-22(12-15)13-23-19(27)21(2)17(20-23)14-7-9-16(25-3)10-8-14/h7-10,15H,4-6,11-13H2,1-3H3/p+1/t15-/m0/s1. The maximum Gasteiger partial charge on any atom is 0.314 e. The highest BCUT2D eigenvalue weighted by atomic mass is 32.1. The number of rotatable bonds is 6. The number of carbonyl (C=O) groups excluding carboxylic acids is 1. The van der Waals surface area contributed by atoms with Crippen LogP contribution >= 0.6 is 12.2 Å². The molecule has 0 amide bonds. The highest BCUT2D eigenvalue weighted by Crippen LogP contribution is 2.20. The van der Waals surface area contributed by atoms with Crippen LogP contribution in [-0.2, 0) is 23.2 Å². The first-order valence-corrected chi connectivity index (χ1v) is 9.72. The number of aromatic nitrogens is 3. The van der Waals surface area contributed by atoms with Gasteiger partial charge in [-0.25, -0.2) is 0 Å². The summed E-state index contributed by atoms with van der Waals surface area (Å²) in [5.41, 5.74) is 0.987. The number of likely N-dealkylation sites (tertiary alicyclic amines) is 1. The van der Waals surface area contributed by atoms with E-state index in [1.807, 2.05) is 47.5 Å². The van der Waals surface area contributed by atoms with Gasteiger partial charge in [-0.15, -0.1) is 5.10 Å². The number of piperidine rings is 1. The fraction of sp³-hybridized carbons (Fsp3) is 0.526. The normalized spacial score (nSPS) is 19.7. The molecule has 0 radical (unpaired) electrons. The zero-order valence-electron chi connectivity index (χ0n) is 16.1. The van der Waals surface area contributed by atoms with Gasteiger partial charge in [0.25, 0.3) is 0 Å². The first-order valence-electron chi connectivity index (χ1n) is 9.32. The van der Waals surface area contributed by atoms with Crippen molar-refractivity contribution in [3.05, 3.63) is 29.0 Å². The maximum atomic E-state index is 12.1. The number of hydrogen-bond acceptors (Lipinski definition) is 5. The number of esters is 1. The molecule has 7 nitrogen and oxygen atoms in total. The van der Waals surface area contributed by atoms with E-state index in [0.29, 0.717) is 18.0 Å². The van der Waals surface area contributed by atoms with Gasteiger partial charge >= 0.3 is 5.97 Å². The van der Waals surface area contributed by atoms with E-state index in [9.17, 15) is 4.79 Å². The summed E-state index contributed by atoms with van der Waals surface area (Å²) in [6.07, 6.45) is 1.90. The average Bonchev–Trinajstić information content (AvgIpc) is 2.97. The summed E-state index contributed by atoms with van der Waals surface area (Å²) in [7, 11) is 3.58. The number of nitrogens with one attached hydrogen (secondary N) is 1. The molecule has 1 aliphatic rings. The van der Waals surface area contributed by atoms with Crippen LogP contribution in [0.25, 0.3) is 11.4 Å². The minimum atomic E-state index is -0.0850. The van der Waals surface area contributed by atoms with Crippen molar-refractivity contribution in [2.45, 2.75) is 26.4 Å². The Morgan fingerprint density at radius 2 is 2.11 bits per heavy atom. The molecule has 1 aliphatic heterocycles. The van der Waals surface area contributed by atoms with E-state index in [1.54, 1.807) is 7.11 Å². The molecule has 2 heterocycles. The van der Waals surface area contributed by atoms with E-state index in [1.165, 1.54) is 4.90 Å². The number of benzene rings is 1. The third kappa shape index (κ3) is 4.39. The molecular formula is C19H27N4O3S+. The van der Waals surface area contributed by atoms with Crippen LogP contribution in [0.2, 0.25) is 0 Å². The SMILES string of the molecule is CCOC(=O)[C@H]1CCC[NH+](Cn2nc(-c3ccc(OC)cc3)n(C)c2=S)C1. The Morgan fingerprint density at radius 3 is 2.78 bits per heavy atom. The molecule has 1 unspecified atom stereocenters. The second kappa shape index (κ2) is 8.67. The monoisotopic (exact) mass is 391 g/mol. The summed E-state index contributed by atoms with van der Waals surface area (Å²) < 4.78 is 14.9. The smallest absolute Gasteiger partial charge is 0.314 e. The molecule has 0 spiro atoms. The fourth-order valence-electron chi connectivity index (χ4n) is 3.55. The molecule has 0 aliphatic carbocycles. The van der Waals surface area contributed by atoms with Gasteiger partial charge in [0.1, 0.15) is 11.7 Å². The summed E-state index contributed by atoms with van der Waals surface area (Å²) in [6.45, 7) is 4.69. The molecule has 0 bridgehead atoms. The second-order valence-electron chi connectivity index (χ2n) is 6.85. The van der Waals surface area contributed by atoms with Crippen LogP contribution in [0.15, 0.2) is 24.3 Å². The third-order valence-corrected chi connectivity index (χ3v) is 5.48. The van der Waals surface area contributed by atoms with Crippen molar-refractivity contribution in [3.63, 3.8) is 0 Å². The van der Waals surface area contributed by atoms with Gasteiger partial charge in [-0.1, -0.05) is 0 Å². The fourth-order valence-corrected chi connectivity index (χ4v) is 3.74. The Balaban J connectivity index is 1.75. The summed E-state index contributed by atoms with van der Waals surface area (Å²) >= 11 is 5.59. The van der Waals surface area contributed by atoms with Gasteiger partial charge in [0.15, 0.2) is 12.5 Å². The Hall–Kier alpha value is -2.19. The van der Waals surface area contributed by atoms with E-state index in [2.05, 4.69) is 0 Å². The average molecular weight is 392 g/mol. The van der Waals surface area contributed by atoms with E-state index < -0.39 is 0 Å². The highest BCUT2D eigenvalue weighted by Gasteiger charge is 2.30. The molecule has 1 saturated heterocycles. The van der Waals surface area contributed by atoms with Gasteiger partial charge in [0.2, 0.25) is 4.77 Å². The summed E-state index contributed by atoms with van der Waals surface area (Å²) in [5.74, 6) is 1.51. The van der Waals surface area contributed by atoms with Crippen LogP contribution in [-0.4, -0.2) is 47.1 Å². The van der Waals surface area contributed by atoms with Gasteiger partial charge in [-0.3, -0.25) is 4.79 Å². The topological polar surface area (TPSA) is 62.7 Å². The molecule has 146 valence electrons. The van der Waals surface area contributed by atoms with E-state index in [4.69, 9.17) is 26.8 Å². The van der Waals surface area contributed by atoms with Crippen LogP contribution in [0, 0.1) is 10.7 Å². The molecule has 27 heavy (non-hydrogen) atoms. The molecule has 0 saturated carbocycles. The lowest BCUT2D eigenvalue weighted by molar-refractivity contribution is -0.930. The van der Waals surface area contributed by atoms with E-state index in [0.717, 1.165) is 43.1 Å². The predicted octanol–water partition coefficient (Wildman–Crippen LogP) is 1.44. The zero-order chi connectivity index (χ0) is 19.4. The number of methoxy groups -OCH3 is 1. The largest absolute Gasteiger partial charge is 0.497 e. The molecule has 1 aromatic carbocycles. The maximum absolute atomic E-state index is 12.1. The molecule has 8 heteroatoms. The van der Waals surface area contributed by atoms with E-state index in [-0.39, 0.29) is 11.9 Å². The number of quaternary nitrogens is 1. The van der Waals surface area contributed by atoms with Crippen molar-refractivity contribution in [2.75, 3.05) is 26.8 Å². The van der Waals surface area contributed by atoms with Gasteiger partial charge in [0, 0.05) is 12.6 Å². The molecule has 1 N–H and O–H groups in total. The van der Waals surface area contributed by atoms with Crippen LogP contribution in [0.4, 0.5) is 0 Å².